The highest BCUT2D eigenvalue weighted by molar-refractivity contribution is 6.24. The van der Waals surface area contributed by atoms with E-state index in [2.05, 4.69) is 131 Å². The topological polar surface area (TPSA) is 75.0 Å². The Morgan fingerprint density at radius 1 is 0.646 bits per heavy atom. The minimum Gasteiger partial charge on any atom is -0.455 e. The van der Waals surface area contributed by atoms with Gasteiger partial charge in [-0.15, -0.1) is 0 Å². The Kier molecular flexibility index (Phi) is 5.56. The van der Waals surface area contributed by atoms with Gasteiger partial charge in [0.25, 0.3) is 0 Å². The lowest BCUT2D eigenvalue weighted by atomic mass is 9.93. The van der Waals surface area contributed by atoms with Gasteiger partial charge in [-0.2, -0.15) is 0 Å². The third-order valence-corrected chi connectivity index (χ3v) is 10.1. The molecule has 6 aromatic carbocycles. The van der Waals surface area contributed by atoms with Gasteiger partial charge in [0.2, 0.25) is 0 Å². The van der Waals surface area contributed by atoms with Crippen molar-refractivity contribution < 1.29 is 4.42 Å². The zero-order chi connectivity index (χ0) is 32.1. The van der Waals surface area contributed by atoms with Crippen LogP contribution in [0.5, 0.6) is 0 Å². The van der Waals surface area contributed by atoms with Crippen molar-refractivity contribution in [3.05, 3.63) is 139 Å². The molecule has 0 fully saturated rings. The summed E-state index contributed by atoms with van der Waals surface area (Å²) in [6, 6.07) is 42.6. The van der Waals surface area contributed by atoms with Crippen molar-refractivity contribution in [3.63, 3.8) is 0 Å². The number of fused-ring (bicyclic) bond motifs is 10. The van der Waals surface area contributed by atoms with Crippen LogP contribution in [0.15, 0.2) is 132 Å². The van der Waals surface area contributed by atoms with E-state index in [9.17, 15) is 0 Å². The summed E-state index contributed by atoms with van der Waals surface area (Å²) in [7, 11) is 0. The zero-order valence-corrected chi connectivity index (χ0v) is 26.4. The van der Waals surface area contributed by atoms with Crippen LogP contribution in [0.25, 0.3) is 83.2 Å². The van der Waals surface area contributed by atoms with Crippen molar-refractivity contribution >= 4 is 72.1 Å². The number of allylic oxidation sites excluding steroid dienone is 1. The molecule has 0 amide bonds. The number of anilines is 2. The Balaban J connectivity index is 1.29. The fourth-order valence-corrected chi connectivity index (χ4v) is 7.97. The van der Waals surface area contributed by atoms with Gasteiger partial charge in [0.15, 0.2) is 0 Å². The van der Waals surface area contributed by atoms with Crippen molar-refractivity contribution in [2.24, 2.45) is 5.92 Å². The fourth-order valence-electron chi connectivity index (χ4n) is 7.97. The van der Waals surface area contributed by atoms with Crippen molar-refractivity contribution in [1.82, 2.24) is 9.13 Å². The largest absolute Gasteiger partial charge is 0.455 e. The van der Waals surface area contributed by atoms with Crippen molar-refractivity contribution in [1.29, 1.82) is 0 Å². The molecular formula is C43H32N4O. The molecule has 3 aromatic heterocycles. The van der Waals surface area contributed by atoms with Crippen LogP contribution >= 0.6 is 0 Å². The smallest absolute Gasteiger partial charge is 0.145 e. The van der Waals surface area contributed by atoms with Gasteiger partial charge in [-0.1, -0.05) is 61.5 Å². The molecule has 48 heavy (non-hydrogen) atoms. The Morgan fingerprint density at radius 2 is 1.40 bits per heavy atom. The second kappa shape index (κ2) is 9.90. The van der Waals surface area contributed by atoms with Gasteiger partial charge in [0, 0.05) is 49.9 Å². The number of nitrogens with two attached hydrogens (primary N) is 2. The minimum absolute atomic E-state index is 0.456. The number of nitrogen functional groups attached to an aromatic ring is 2. The van der Waals surface area contributed by atoms with Gasteiger partial charge in [-0.3, -0.25) is 0 Å². The number of rotatable bonds is 3. The van der Waals surface area contributed by atoms with E-state index < -0.39 is 0 Å². The molecule has 1 aliphatic carbocycles. The van der Waals surface area contributed by atoms with E-state index in [4.69, 9.17) is 15.9 Å². The molecule has 4 N–H and O–H groups in total. The summed E-state index contributed by atoms with van der Waals surface area (Å²) in [5, 5.41) is 5.69. The van der Waals surface area contributed by atoms with E-state index in [0.717, 1.165) is 89.6 Å². The SMILES string of the molecule is CC1C=Cc2c(c3cc(N)ccc3n2-c2cc(N)ccc2-c2ccc3c(c2)c2c4oc5ccccc5c4ccc2n3-c2ccccc2)C1. The summed E-state index contributed by atoms with van der Waals surface area (Å²) in [5.41, 5.74) is 26.4. The Morgan fingerprint density at radius 3 is 2.29 bits per heavy atom. The Bertz CT molecular complexity index is 2790. The van der Waals surface area contributed by atoms with Crippen LogP contribution in [0, 0.1) is 5.92 Å². The normalized spacial score (nSPS) is 14.6. The molecule has 0 radical (unpaired) electrons. The summed E-state index contributed by atoms with van der Waals surface area (Å²) < 4.78 is 11.4. The molecule has 5 heteroatoms. The number of nitrogens with zero attached hydrogens (tertiary/aromatic N) is 2. The van der Waals surface area contributed by atoms with Gasteiger partial charge >= 0.3 is 0 Å². The predicted octanol–water partition coefficient (Wildman–Crippen LogP) is 10.7. The lowest BCUT2D eigenvalue weighted by molar-refractivity contribution is 0.673. The highest BCUT2D eigenvalue weighted by atomic mass is 16.3. The number of para-hydroxylation sites is 2. The molecule has 1 unspecified atom stereocenters. The van der Waals surface area contributed by atoms with Gasteiger partial charge in [-0.25, -0.2) is 0 Å². The van der Waals surface area contributed by atoms with Gasteiger partial charge < -0.3 is 25.0 Å². The van der Waals surface area contributed by atoms with E-state index in [1.807, 2.05) is 18.2 Å². The second-order valence-corrected chi connectivity index (χ2v) is 13.1. The van der Waals surface area contributed by atoms with Gasteiger partial charge in [0.1, 0.15) is 11.2 Å². The molecule has 3 heterocycles. The lowest BCUT2D eigenvalue weighted by Crippen LogP contribution is -2.06. The van der Waals surface area contributed by atoms with Crippen LogP contribution in [-0.2, 0) is 6.42 Å². The summed E-state index contributed by atoms with van der Waals surface area (Å²) in [5.74, 6) is 0.456. The maximum atomic E-state index is 6.64. The average Bonchev–Trinajstić information content (AvgIpc) is 3.75. The van der Waals surface area contributed by atoms with Crippen molar-refractivity contribution in [3.8, 4) is 22.5 Å². The standard InChI is InChI=1S/C43H32N4O/c1-25-11-17-36-33(21-25)34-23-27(44)14-19-37(34)47(36)40-24-28(45)13-15-30(40)26-12-18-38-35(22-26)42-39(46(38)29-7-3-2-4-8-29)20-16-32-31-9-5-6-10-41(31)48-43(32)42/h2-20,22-25H,21,44-45H2,1H3. The molecule has 0 aliphatic heterocycles. The number of hydrogen-bond donors (Lipinski definition) is 2. The summed E-state index contributed by atoms with van der Waals surface area (Å²) >= 11 is 0. The maximum Gasteiger partial charge on any atom is 0.145 e. The van der Waals surface area contributed by atoms with Crippen LogP contribution in [0.3, 0.4) is 0 Å². The molecule has 9 aromatic rings. The molecule has 10 rings (SSSR count). The third-order valence-electron chi connectivity index (χ3n) is 10.1. The Hall–Kier alpha value is -6.20. The highest BCUT2D eigenvalue weighted by Gasteiger charge is 2.24. The van der Waals surface area contributed by atoms with Crippen LogP contribution in [0.1, 0.15) is 18.2 Å². The fraction of sp³-hybridized carbons (Fsp3) is 0.0698. The molecule has 1 aliphatic rings. The summed E-state index contributed by atoms with van der Waals surface area (Å²) in [6.45, 7) is 2.26. The first kappa shape index (κ1) is 27.0. The molecule has 5 nitrogen and oxygen atoms in total. The Labute approximate surface area is 276 Å². The van der Waals surface area contributed by atoms with E-state index in [-0.39, 0.29) is 0 Å². The monoisotopic (exact) mass is 620 g/mol. The van der Waals surface area contributed by atoms with E-state index >= 15 is 0 Å². The van der Waals surface area contributed by atoms with Crippen LogP contribution in [0.2, 0.25) is 0 Å². The van der Waals surface area contributed by atoms with Crippen molar-refractivity contribution in [2.45, 2.75) is 13.3 Å². The molecular weight excluding hydrogens is 589 g/mol. The number of hydrogen-bond acceptors (Lipinski definition) is 3. The first-order valence-electron chi connectivity index (χ1n) is 16.5. The van der Waals surface area contributed by atoms with E-state index in [1.165, 1.54) is 16.6 Å². The highest BCUT2D eigenvalue weighted by Crippen LogP contribution is 2.44. The minimum atomic E-state index is 0.456. The van der Waals surface area contributed by atoms with E-state index in [1.54, 1.807) is 0 Å². The summed E-state index contributed by atoms with van der Waals surface area (Å²) in [6.07, 6.45) is 5.53. The molecule has 0 bridgehead atoms. The van der Waals surface area contributed by atoms with E-state index in [0.29, 0.717) is 5.92 Å². The van der Waals surface area contributed by atoms with Crippen molar-refractivity contribution in [2.75, 3.05) is 11.5 Å². The second-order valence-electron chi connectivity index (χ2n) is 13.1. The van der Waals surface area contributed by atoms with Crippen LogP contribution < -0.4 is 11.5 Å². The third kappa shape index (κ3) is 3.79. The quantitative estimate of drug-likeness (QED) is 0.193. The maximum absolute atomic E-state index is 6.64. The molecule has 0 spiro atoms. The average molecular weight is 621 g/mol. The number of benzene rings is 6. The first-order chi connectivity index (χ1) is 23.5. The van der Waals surface area contributed by atoms with Gasteiger partial charge in [0.05, 0.1) is 27.6 Å². The van der Waals surface area contributed by atoms with Gasteiger partial charge in [-0.05, 0) is 102 Å². The lowest BCUT2D eigenvalue weighted by Gasteiger charge is -2.18. The first-order valence-corrected chi connectivity index (χ1v) is 16.5. The number of furan rings is 1. The predicted molar refractivity (Wildman–Crippen MR) is 201 cm³/mol. The zero-order valence-electron chi connectivity index (χ0n) is 26.4. The molecule has 0 saturated heterocycles. The number of aromatic nitrogens is 2. The molecule has 0 saturated carbocycles. The van der Waals surface area contributed by atoms with Crippen LogP contribution in [0.4, 0.5) is 11.4 Å². The summed E-state index contributed by atoms with van der Waals surface area (Å²) in [4.78, 5) is 0. The molecule has 1 atom stereocenters. The molecule has 230 valence electrons. The van der Waals surface area contributed by atoms with Crippen LogP contribution in [-0.4, -0.2) is 9.13 Å².